The third kappa shape index (κ3) is 3.72. The lowest BCUT2D eigenvalue weighted by Gasteiger charge is -2.14. The molecular formula is C10H15N3O3. The van der Waals surface area contributed by atoms with Crippen molar-refractivity contribution in [1.29, 1.82) is 0 Å². The third-order valence-electron chi connectivity index (χ3n) is 2.41. The van der Waals surface area contributed by atoms with E-state index < -0.39 is 5.97 Å². The van der Waals surface area contributed by atoms with Crippen LogP contribution in [0.5, 0.6) is 0 Å². The zero-order valence-electron chi connectivity index (χ0n) is 9.06. The van der Waals surface area contributed by atoms with E-state index in [0.29, 0.717) is 19.3 Å². The predicted molar refractivity (Wildman–Crippen MR) is 56.9 cm³/mol. The van der Waals surface area contributed by atoms with Crippen LogP contribution in [-0.4, -0.2) is 33.7 Å². The van der Waals surface area contributed by atoms with Gasteiger partial charge in [0.15, 0.2) is 0 Å². The number of aromatic amines is 1. The molecule has 1 heterocycles. The number of aliphatic carboxylic acids is 1. The Morgan fingerprint density at radius 1 is 1.75 bits per heavy atom. The Labute approximate surface area is 93.1 Å². The predicted octanol–water partition coefficient (Wildman–Crippen LogP) is 0.240. The number of carboxylic acid groups (broad SMARTS) is 1. The van der Waals surface area contributed by atoms with E-state index in [2.05, 4.69) is 15.5 Å². The Bertz CT molecular complexity index is 362. The van der Waals surface area contributed by atoms with Gasteiger partial charge in [0, 0.05) is 18.2 Å². The van der Waals surface area contributed by atoms with Crippen molar-refractivity contribution in [3.63, 3.8) is 0 Å². The minimum atomic E-state index is -0.860. The van der Waals surface area contributed by atoms with Gasteiger partial charge >= 0.3 is 5.97 Å². The summed E-state index contributed by atoms with van der Waals surface area (Å²) >= 11 is 0. The topological polar surface area (TPSA) is 95.1 Å². The van der Waals surface area contributed by atoms with Gasteiger partial charge in [0.2, 0.25) is 6.41 Å². The van der Waals surface area contributed by atoms with Gasteiger partial charge in [0.05, 0.1) is 6.20 Å². The smallest absolute Gasteiger partial charge is 0.303 e. The number of carbonyl (C=O) groups excluding carboxylic acids is 1. The number of nitrogens with one attached hydrogen (secondary N) is 2. The van der Waals surface area contributed by atoms with Crippen molar-refractivity contribution in [2.24, 2.45) is 0 Å². The molecule has 1 aromatic heterocycles. The van der Waals surface area contributed by atoms with Crippen molar-refractivity contribution >= 4 is 12.4 Å². The first-order valence-corrected chi connectivity index (χ1v) is 5.03. The number of rotatable bonds is 7. The van der Waals surface area contributed by atoms with Crippen LogP contribution in [0, 0.1) is 6.92 Å². The molecule has 0 bridgehead atoms. The average molecular weight is 225 g/mol. The van der Waals surface area contributed by atoms with Crippen LogP contribution in [0.4, 0.5) is 0 Å². The number of H-pyrrole nitrogens is 1. The Balaban J connectivity index is 2.53. The van der Waals surface area contributed by atoms with Crippen molar-refractivity contribution in [2.45, 2.75) is 32.2 Å². The molecule has 0 saturated heterocycles. The highest BCUT2D eigenvalue weighted by Gasteiger charge is 2.12. The Morgan fingerprint density at radius 2 is 2.50 bits per heavy atom. The van der Waals surface area contributed by atoms with Crippen molar-refractivity contribution in [3.05, 3.63) is 17.5 Å². The Morgan fingerprint density at radius 3 is 3.00 bits per heavy atom. The highest BCUT2D eigenvalue weighted by molar-refractivity contribution is 5.66. The quantitative estimate of drug-likeness (QED) is 0.579. The summed E-state index contributed by atoms with van der Waals surface area (Å²) < 4.78 is 0. The molecule has 6 nitrogen and oxygen atoms in total. The Kier molecular flexibility index (Phi) is 4.50. The molecule has 1 amide bonds. The van der Waals surface area contributed by atoms with Crippen molar-refractivity contribution in [3.8, 4) is 0 Å². The van der Waals surface area contributed by atoms with Crippen LogP contribution in [0.15, 0.2) is 6.20 Å². The summed E-state index contributed by atoms with van der Waals surface area (Å²) in [5, 5.41) is 17.9. The van der Waals surface area contributed by atoms with Gasteiger partial charge in [-0.25, -0.2) is 0 Å². The second-order valence-corrected chi connectivity index (χ2v) is 3.64. The van der Waals surface area contributed by atoms with Crippen LogP contribution in [0.25, 0.3) is 0 Å². The summed E-state index contributed by atoms with van der Waals surface area (Å²) in [4.78, 5) is 20.8. The number of carboxylic acids is 1. The zero-order valence-corrected chi connectivity index (χ0v) is 9.06. The molecule has 0 aliphatic heterocycles. The van der Waals surface area contributed by atoms with Crippen LogP contribution in [0.1, 0.15) is 24.1 Å². The summed E-state index contributed by atoms with van der Waals surface area (Å²) in [7, 11) is 0. The monoisotopic (exact) mass is 225 g/mol. The van der Waals surface area contributed by atoms with Crippen molar-refractivity contribution < 1.29 is 14.7 Å². The molecule has 6 heteroatoms. The van der Waals surface area contributed by atoms with Gasteiger partial charge in [0.1, 0.15) is 0 Å². The molecule has 0 radical (unpaired) electrons. The van der Waals surface area contributed by atoms with Gasteiger partial charge in [-0.15, -0.1) is 0 Å². The van der Waals surface area contributed by atoms with E-state index in [0.717, 1.165) is 11.3 Å². The molecule has 3 N–H and O–H groups in total. The normalized spacial score (nSPS) is 12.1. The molecule has 1 atom stereocenters. The van der Waals surface area contributed by atoms with Gasteiger partial charge in [-0.3, -0.25) is 14.7 Å². The van der Waals surface area contributed by atoms with Gasteiger partial charge in [-0.05, 0) is 25.3 Å². The molecular weight excluding hydrogens is 210 g/mol. The maximum atomic E-state index is 10.4. The van der Waals surface area contributed by atoms with Gasteiger partial charge in [-0.1, -0.05) is 0 Å². The number of hydrogen-bond donors (Lipinski definition) is 3. The summed E-state index contributed by atoms with van der Waals surface area (Å²) in [5.41, 5.74) is 1.93. The van der Waals surface area contributed by atoms with Gasteiger partial charge in [0.25, 0.3) is 0 Å². The van der Waals surface area contributed by atoms with E-state index in [1.54, 1.807) is 6.20 Å². The standard InChI is InChI=1S/C10H15N3O3/c1-7-8(5-12-13-7)4-9(11-6-14)2-3-10(15)16/h5-6,9H,2-4H2,1H3,(H,11,14)(H,12,13)(H,15,16). The van der Waals surface area contributed by atoms with Gasteiger partial charge in [-0.2, -0.15) is 5.10 Å². The molecule has 0 aromatic carbocycles. The lowest BCUT2D eigenvalue weighted by molar-refractivity contribution is -0.137. The summed E-state index contributed by atoms with van der Waals surface area (Å²) in [6, 6.07) is -0.162. The second kappa shape index (κ2) is 5.89. The number of carbonyl (C=O) groups is 2. The largest absolute Gasteiger partial charge is 0.481 e. The molecule has 0 saturated carbocycles. The number of hydrogen-bond acceptors (Lipinski definition) is 3. The molecule has 16 heavy (non-hydrogen) atoms. The van der Waals surface area contributed by atoms with Crippen molar-refractivity contribution in [2.75, 3.05) is 0 Å². The van der Waals surface area contributed by atoms with Crippen LogP contribution >= 0.6 is 0 Å². The number of nitrogens with zero attached hydrogens (tertiary/aromatic N) is 1. The van der Waals surface area contributed by atoms with Crippen LogP contribution in [-0.2, 0) is 16.0 Å². The fourth-order valence-electron chi connectivity index (χ4n) is 1.49. The van der Waals surface area contributed by atoms with Gasteiger partial charge < -0.3 is 10.4 Å². The molecule has 0 aliphatic carbocycles. The van der Waals surface area contributed by atoms with Crippen LogP contribution in [0.2, 0.25) is 0 Å². The molecule has 1 unspecified atom stereocenters. The molecule has 0 fully saturated rings. The third-order valence-corrected chi connectivity index (χ3v) is 2.41. The highest BCUT2D eigenvalue weighted by Crippen LogP contribution is 2.09. The second-order valence-electron chi connectivity index (χ2n) is 3.64. The SMILES string of the molecule is Cc1[nH]ncc1CC(CCC(=O)O)NC=O. The maximum absolute atomic E-state index is 10.4. The summed E-state index contributed by atoms with van der Waals surface area (Å²) in [6.45, 7) is 1.89. The van der Waals surface area contributed by atoms with E-state index in [1.165, 1.54) is 0 Å². The molecule has 88 valence electrons. The zero-order chi connectivity index (χ0) is 12.0. The molecule has 0 aliphatic rings. The number of aromatic nitrogens is 2. The fourth-order valence-corrected chi connectivity index (χ4v) is 1.49. The minimum Gasteiger partial charge on any atom is -0.481 e. The maximum Gasteiger partial charge on any atom is 0.303 e. The first kappa shape index (κ1) is 12.2. The first-order valence-electron chi connectivity index (χ1n) is 5.03. The van der Waals surface area contributed by atoms with Crippen LogP contribution in [0.3, 0.4) is 0 Å². The highest BCUT2D eigenvalue weighted by atomic mass is 16.4. The Hall–Kier alpha value is -1.85. The number of aryl methyl sites for hydroxylation is 1. The van der Waals surface area contributed by atoms with E-state index >= 15 is 0 Å². The molecule has 1 rings (SSSR count). The minimum absolute atomic E-state index is 0.0441. The average Bonchev–Trinajstić information content (AvgIpc) is 2.61. The fraction of sp³-hybridized carbons (Fsp3) is 0.500. The summed E-state index contributed by atoms with van der Waals surface area (Å²) in [5.74, 6) is -0.860. The number of amides is 1. The first-order chi connectivity index (χ1) is 7.63. The molecule has 0 spiro atoms. The lowest BCUT2D eigenvalue weighted by Crippen LogP contribution is -2.30. The van der Waals surface area contributed by atoms with E-state index in [4.69, 9.17) is 5.11 Å². The molecule has 1 aromatic rings. The van der Waals surface area contributed by atoms with Crippen molar-refractivity contribution in [1.82, 2.24) is 15.5 Å². The van der Waals surface area contributed by atoms with E-state index in [1.807, 2.05) is 6.92 Å². The summed E-state index contributed by atoms with van der Waals surface area (Å²) in [6.07, 6.45) is 3.34. The van der Waals surface area contributed by atoms with Crippen LogP contribution < -0.4 is 5.32 Å². The van der Waals surface area contributed by atoms with E-state index in [-0.39, 0.29) is 12.5 Å². The lowest BCUT2D eigenvalue weighted by atomic mass is 10.0. The van der Waals surface area contributed by atoms with E-state index in [9.17, 15) is 9.59 Å².